The minimum atomic E-state index is 0.442. The Morgan fingerprint density at radius 2 is 2.04 bits per heavy atom. The first-order chi connectivity index (χ1) is 12.7. The predicted octanol–water partition coefficient (Wildman–Crippen LogP) is 3.21. The Morgan fingerprint density at radius 1 is 1.19 bits per heavy atom. The summed E-state index contributed by atoms with van der Waals surface area (Å²) in [6, 6.07) is 8.36. The van der Waals surface area contributed by atoms with Crippen LogP contribution in [0.4, 0.5) is 5.82 Å². The Kier molecular flexibility index (Phi) is 5.07. The number of anilines is 1. The Bertz CT molecular complexity index is 753. The van der Waals surface area contributed by atoms with Crippen LogP contribution in [0.2, 0.25) is 0 Å². The maximum Gasteiger partial charge on any atom is 0.136 e. The van der Waals surface area contributed by atoms with Gasteiger partial charge in [0.1, 0.15) is 17.4 Å². The number of benzene rings is 1. The first kappa shape index (κ1) is 17.3. The molecule has 2 aromatic rings. The van der Waals surface area contributed by atoms with Crippen molar-refractivity contribution in [2.24, 2.45) is 0 Å². The van der Waals surface area contributed by atoms with Crippen molar-refractivity contribution in [3.8, 4) is 5.75 Å². The highest BCUT2D eigenvalue weighted by Gasteiger charge is 2.25. The molecule has 0 saturated carbocycles. The lowest BCUT2D eigenvalue weighted by Gasteiger charge is -2.32. The van der Waals surface area contributed by atoms with Gasteiger partial charge in [-0.25, -0.2) is 9.97 Å². The fourth-order valence-electron chi connectivity index (χ4n) is 4.07. The highest BCUT2D eigenvalue weighted by Crippen LogP contribution is 2.31. The van der Waals surface area contributed by atoms with Gasteiger partial charge in [-0.05, 0) is 56.8 Å². The normalized spacial score (nSPS) is 19.9. The number of piperidine rings is 1. The molecule has 1 saturated heterocycles. The van der Waals surface area contributed by atoms with Crippen molar-refractivity contribution in [1.82, 2.24) is 15.3 Å². The van der Waals surface area contributed by atoms with E-state index in [1.54, 1.807) is 7.11 Å². The molecule has 1 aromatic heterocycles. The maximum absolute atomic E-state index is 5.27. The van der Waals surface area contributed by atoms with Crippen molar-refractivity contribution in [3.05, 3.63) is 46.9 Å². The van der Waals surface area contributed by atoms with Gasteiger partial charge >= 0.3 is 0 Å². The molecule has 0 bridgehead atoms. The van der Waals surface area contributed by atoms with Crippen LogP contribution in [0.15, 0.2) is 24.3 Å². The van der Waals surface area contributed by atoms with E-state index in [-0.39, 0.29) is 0 Å². The first-order valence-corrected chi connectivity index (χ1v) is 9.70. The molecule has 0 spiro atoms. The van der Waals surface area contributed by atoms with Gasteiger partial charge in [0.05, 0.1) is 7.11 Å². The molecule has 2 aliphatic rings. The minimum Gasteiger partial charge on any atom is -0.497 e. The summed E-state index contributed by atoms with van der Waals surface area (Å²) in [4.78, 5) is 12.4. The van der Waals surface area contributed by atoms with E-state index in [4.69, 9.17) is 14.7 Å². The second-order valence-electron chi connectivity index (χ2n) is 7.39. The smallest absolute Gasteiger partial charge is 0.136 e. The van der Waals surface area contributed by atoms with Crippen LogP contribution in [0, 0.1) is 6.92 Å². The quantitative estimate of drug-likeness (QED) is 0.916. The van der Waals surface area contributed by atoms with E-state index in [0.29, 0.717) is 5.92 Å². The van der Waals surface area contributed by atoms with E-state index in [9.17, 15) is 0 Å². The number of aromatic nitrogens is 2. The number of fused-ring (bicyclic) bond motifs is 1. The highest BCUT2D eigenvalue weighted by atomic mass is 16.5. The van der Waals surface area contributed by atoms with Crippen molar-refractivity contribution >= 4 is 5.82 Å². The molecular formula is C21H28N4O. The van der Waals surface area contributed by atoms with E-state index in [1.165, 1.54) is 24.0 Å². The number of hydrogen-bond acceptors (Lipinski definition) is 5. The molecule has 0 amide bonds. The zero-order valence-electron chi connectivity index (χ0n) is 15.8. The molecular weight excluding hydrogens is 324 g/mol. The second kappa shape index (κ2) is 7.62. The van der Waals surface area contributed by atoms with Gasteiger partial charge in [-0.3, -0.25) is 0 Å². The monoisotopic (exact) mass is 352 g/mol. The highest BCUT2D eigenvalue weighted by molar-refractivity contribution is 5.52. The number of hydrogen-bond donors (Lipinski definition) is 1. The molecule has 0 unspecified atom stereocenters. The minimum absolute atomic E-state index is 0.442. The fraction of sp³-hybridized carbons (Fsp3) is 0.524. The molecule has 3 heterocycles. The molecule has 138 valence electrons. The summed E-state index contributed by atoms with van der Waals surface area (Å²) in [5.41, 5.74) is 3.78. The van der Waals surface area contributed by atoms with E-state index < -0.39 is 0 Å². The van der Waals surface area contributed by atoms with Crippen LogP contribution in [0.25, 0.3) is 0 Å². The van der Waals surface area contributed by atoms with Gasteiger partial charge in [0.2, 0.25) is 0 Å². The van der Waals surface area contributed by atoms with Crippen LogP contribution >= 0.6 is 0 Å². The molecule has 5 nitrogen and oxygen atoms in total. The zero-order valence-corrected chi connectivity index (χ0v) is 15.8. The van der Waals surface area contributed by atoms with Crippen LogP contribution in [0.1, 0.15) is 47.8 Å². The van der Waals surface area contributed by atoms with Gasteiger partial charge in [0, 0.05) is 36.8 Å². The van der Waals surface area contributed by atoms with E-state index in [1.807, 2.05) is 12.1 Å². The van der Waals surface area contributed by atoms with Gasteiger partial charge in [0.15, 0.2) is 0 Å². The Balaban J connectivity index is 1.61. The van der Waals surface area contributed by atoms with Crippen molar-refractivity contribution in [1.29, 1.82) is 0 Å². The van der Waals surface area contributed by atoms with Crippen molar-refractivity contribution in [3.63, 3.8) is 0 Å². The van der Waals surface area contributed by atoms with Gasteiger partial charge < -0.3 is 15.0 Å². The average Bonchev–Trinajstić information content (AvgIpc) is 2.70. The van der Waals surface area contributed by atoms with E-state index in [0.717, 1.165) is 62.1 Å². The molecule has 26 heavy (non-hydrogen) atoms. The molecule has 0 aliphatic carbocycles. The topological polar surface area (TPSA) is 50.3 Å². The number of methoxy groups -OCH3 is 1. The second-order valence-corrected chi connectivity index (χ2v) is 7.39. The summed E-state index contributed by atoms with van der Waals surface area (Å²) in [5, 5.41) is 3.49. The average molecular weight is 352 g/mol. The van der Waals surface area contributed by atoms with Crippen LogP contribution < -0.4 is 15.0 Å². The lowest BCUT2D eigenvalue weighted by molar-refractivity contribution is 0.414. The van der Waals surface area contributed by atoms with Crippen LogP contribution in [0.3, 0.4) is 0 Å². The third-order valence-electron chi connectivity index (χ3n) is 5.56. The van der Waals surface area contributed by atoms with Crippen molar-refractivity contribution < 1.29 is 4.74 Å². The molecule has 1 N–H and O–H groups in total. The third-order valence-corrected chi connectivity index (χ3v) is 5.56. The Hall–Kier alpha value is -2.14. The zero-order chi connectivity index (χ0) is 17.9. The first-order valence-electron chi connectivity index (χ1n) is 9.70. The number of rotatable bonds is 4. The van der Waals surface area contributed by atoms with Gasteiger partial charge in [0.25, 0.3) is 0 Å². The van der Waals surface area contributed by atoms with Crippen LogP contribution in [0.5, 0.6) is 5.75 Å². The summed E-state index contributed by atoms with van der Waals surface area (Å²) in [5.74, 6) is 3.52. The van der Waals surface area contributed by atoms with Crippen LogP contribution in [-0.2, 0) is 13.0 Å². The van der Waals surface area contributed by atoms with Gasteiger partial charge in [-0.15, -0.1) is 0 Å². The summed E-state index contributed by atoms with van der Waals surface area (Å²) in [6.07, 6.45) is 4.64. The number of nitrogens with one attached hydrogen (secondary N) is 1. The predicted molar refractivity (Wildman–Crippen MR) is 104 cm³/mol. The van der Waals surface area contributed by atoms with Crippen molar-refractivity contribution in [2.75, 3.05) is 31.6 Å². The SMILES string of the molecule is COc1ccc(CN2CCCc3c(C)nc([C@@H]4CCCNC4)nc32)cc1. The van der Waals surface area contributed by atoms with Gasteiger partial charge in [-0.1, -0.05) is 12.1 Å². The van der Waals surface area contributed by atoms with Crippen LogP contribution in [-0.4, -0.2) is 36.7 Å². The summed E-state index contributed by atoms with van der Waals surface area (Å²) in [7, 11) is 1.71. The molecule has 1 atom stereocenters. The Morgan fingerprint density at radius 3 is 2.77 bits per heavy atom. The Labute approximate surface area is 155 Å². The lowest BCUT2D eigenvalue weighted by atomic mass is 9.97. The number of nitrogens with zero attached hydrogens (tertiary/aromatic N) is 3. The number of ether oxygens (including phenoxy) is 1. The standard InChI is InChI=1S/C21H28N4O/c1-15-19-6-4-12-25(14-16-7-9-18(26-2)10-8-16)21(19)24-20(23-15)17-5-3-11-22-13-17/h7-10,17,22H,3-6,11-14H2,1-2H3/t17-/m1/s1. The summed E-state index contributed by atoms with van der Waals surface area (Å²) in [6.45, 7) is 6.20. The molecule has 4 rings (SSSR count). The lowest BCUT2D eigenvalue weighted by Crippen LogP contribution is -2.33. The largest absolute Gasteiger partial charge is 0.497 e. The summed E-state index contributed by atoms with van der Waals surface area (Å²) < 4.78 is 5.27. The molecule has 2 aliphatic heterocycles. The van der Waals surface area contributed by atoms with E-state index in [2.05, 4.69) is 29.3 Å². The summed E-state index contributed by atoms with van der Waals surface area (Å²) >= 11 is 0. The maximum atomic E-state index is 5.27. The third kappa shape index (κ3) is 3.54. The molecule has 0 radical (unpaired) electrons. The van der Waals surface area contributed by atoms with Gasteiger partial charge in [-0.2, -0.15) is 0 Å². The fourth-order valence-corrected chi connectivity index (χ4v) is 4.07. The molecule has 5 heteroatoms. The van der Waals surface area contributed by atoms with Crippen molar-refractivity contribution in [2.45, 2.75) is 45.1 Å². The number of aryl methyl sites for hydroxylation is 1. The molecule has 1 aromatic carbocycles. The van der Waals surface area contributed by atoms with E-state index >= 15 is 0 Å². The molecule has 1 fully saturated rings.